The van der Waals surface area contributed by atoms with Crippen LogP contribution < -0.4 is 5.32 Å². The number of rotatable bonds is 6. The van der Waals surface area contributed by atoms with E-state index in [0.29, 0.717) is 5.92 Å². The molecule has 1 aromatic heterocycles. The van der Waals surface area contributed by atoms with Crippen LogP contribution in [0, 0.1) is 5.92 Å². The van der Waals surface area contributed by atoms with Crippen LogP contribution in [0.4, 0.5) is 0 Å². The van der Waals surface area contributed by atoms with Gasteiger partial charge in [0.2, 0.25) is 0 Å². The maximum atomic E-state index is 4.60. The molecule has 1 rings (SSSR count). The van der Waals surface area contributed by atoms with Crippen LogP contribution >= 0.6 is 11.3 Å². The summed E-state index contributed by atoms with van der Waals surface area (Å²) in [4.78, 5) is 4.60. The molecule has 0 saturated heterocycles. The third-order valence-electron chi connectivity index (χ3n) is 2.17. The molecule has 0 aliphatic rings. The number of aromatic nitrogens is 1. The summed E-state index contributed by atoms with van der Waals surface area (Å²) in [5.41, 5.74) is 1.24. The summed E-state index contributed by atoms with van der Waals surface area (Å²) < 4.78 is 0. The number of thiazole rings is 1. The quantitative estimate of drug-likeness (QED) is 0.754. The highest BCUT2D eigenvalue weighted by atomic mass is 32.1. The molecule has 1 N–H and O–H groups in total. The smallest absolute Gasteiger partial charge is 0.0953 e. The standard InChI is InChI=1S/C12H22N2S/c1-9(2)7-13-6-5-11-8-15-12(14-11)10(3)4/h8-10,13H,5-7H2,1-4H3. The molecule has 0 bridgehead atoms. The number of nitrogens with one attached hydrogen (secondary N) is 1. The van der Waals surface area contributed by atoms with E-state index in [1.165, 1.54) is 10.7 Å². The highest BCUT2D eigenvalue weighted by Gasteiger charge is 2.05. The molecule has 0 aliphatic carbocycles. The van der Waals surface area contributed by atoms with Gasteiger partial charge in [-0.1, -0.05) is 27.7 Å². The van der Waals surface area contributed by atoms with Crippen LogP contribution in [-0.2, 0) is 6.42 Å². The third kappa shape index (κ3) is 4.76. The van der Waals surface area contributed by atoms with E-state index in [4.69, 9.17) is 0 Å². The SMILES string of the molecule is CC(C)CNCCc1csc(C(C)C)n1. The lowest BCUT2D eigenvalue weighted by atomic mass is 10.2. The van der Waals surface area contributed by atoms with E-state index in [-0.39, 0.29) is 0 Å². The first-order chi connectivity index (χ1) is 7.09. The van der Waals surface area contributed by atoms with Gasteiger partial charge in [-0.05, 0) is 12.5 Å². The average Bonchev–Trinajstić information content (AvgIpc) is 2.60. The van der Waals surface area contributed by atoms with Gasteiger partial charge in [-0.3, -0.25) is 0 Å². The second kappa shape index (κ2) is 6.23. The van der Waals surface area contributed by atoms with E-state index in [1.54, 1.807) is 11.3 Å². The van der Waals surface area contributed by atoms with E-state index < -0.39 is 0 Å². The van der Waals surface area contributed by atoms with Gasteiger partial charge in [0.1, 0.15) is 0 Å². The first kappa shape index (κ1) is 12.7. The lowest BCUT2D eigenvalue weighted by Gasteiger charge is -2.05. The molecule has 1 heterocycles. The fraction of sp³-hybridized carbons (Fsp3) is 0.750. The Balaban J connectivity index is 2.26. The molecule has 0 atom stereocenters. The number of nitrogens with zero attached hydrogens (tertiary/aromatic N) is 1. The lowest BCUT2D eigenvalue weighted by Crippen LogP contribution is -2.22. The van der Waals surface area contributed by atoms with Gasteiger partial charge in [-0.25, -0.2) is 4.98 Å². The summed E-state index contributed by atoms with van der Waals surface area (Å²) in [5, 5.41) is 6.88. The Morgan fingerprint density at radius 1 is 1.33 bits per heavy atom. The van der Waals surface area contributed by atoms with Crippen LogP contribution in [0.3, 0.4) is 0 Å². The Bertz CT molecular complexity index is 279. The van der Waals surface area contributed by atoms with Gasteiger partial charge in [0.25, 0.3) is 0 Å². The molecule has 15 heavy (non-hydrogen) atoms. The highest BCUT2D eigenvalue weighted by molar-refractivity contribution is 7.09. The third-order valence-corrected chi connectivity index (χ3v) is 3.37. The van der Waals surface area contributed by atoms with Crippen molar-refractivity contribution in [3.05, 3.63) is 16.1 Å². The zero-order chi connectivity index (χ0) is 11.3. The van der Waals surface area contributed by atoms with Crippen LogP contribution in [0.25, 0.3) is 0 Å². The van der Waals surface area contributed by atoms with Crippen LogP contribution in [0.1, 0.15) is 44.3 Å². The molecule has 86 valence electrons. The van der Waals surface area contributed by atoms with Crippen LogP contribution in [0.15, 0.2) is 5.38 Å². The molecule has 0 aliphatic heterocycles. The Kier molecular flexibility index (Phi) is 5.26. The predicted molar refractivity (Wildman–Crippen MR) is 67.6 cm³/mol. The molecule has 0 radical (unpaired) electrons. The van der Waals surface area contributed by atoms with Gasteiger partial charge >= 0.3 is 0 Å². The van der Waals surface area contributed by atoms with E-state index in [0.717, 1.165) is 25.4 Å². The number of hydrogen-bond acceptors (Lipinski definition) is 3. The van der Waals surface area contributed by atoms with Gasteiger partial charge in [-0.15, -0.1) is 11.3 Å². The second-order valence-corrected chi connectivity index (χ2v) is 5.57. The monoisotopic (exact) mass is 226 g/mol. The van der Waals surface area contributed by atoms with Gasteiger partial charge < -0.3 is 5.32 Å². The Morgan fingerprint density at radius 3 is 2.60 bits per heavy atom. The lowest BCUT2D eigenvalue weighted by molar-refractivity contribution is 0.552. The molecule has 2 nitrogen and oxygen atoms in total. The highest BCUT2D eigenvalue weighted by Crippen LogP contribution is 2.19. The normalized spacial score (nSPS) is 11.6. The number of hydrogen-bond donors (Lipinski definition) is 1. The molecule has 0 amide bonds. The van der Waals surface area contributed by atoms with Crippen molar-refractivity contribution in [1.29, 1.82) is 0 Å². The maximum absolute atomic E-state index is 4.60. The molecule has 0 aromatic carbocycles. The van der Waals surface area contributed by atoms with Crippen molar-refractivity contribution >= 4 is 11.3 Å². The first-order valence-electron chi connectivity index (χ1n) is 5.74. The van der Waals surface area contributed by atoms with E-state index >= 15 is 0 Å². The molecular formula is C12H22N2S. The van der Waals surface area contributed by atoms with Crippen LogP contribution in [-0.4, -0.2) is 18.1 Å². The molecule has 0 fully saturated rings. The molecular weight excluding hydrogens is 204 g/mol. The molecule has 0 unspecified atom stereocenters. The predicted octanol–water partition coefficient (Wildman–Crippen LogP) is 3.05. The largest absolute Gasteiger partial charge is 0.316 e. The van der Waals surface area contributed by atoms with Crippen molar-refractivity contribution in [3.8, 4) is 0 Å². The van der Waals surface area contributed by atoms with Crippen molar-refractivity contribution in [3.63, 3.8) is 0 Å². The van der Waals surface area contributed by atoms with Gasteiger partial charge in [-0.2, -0.15) is 0 Å². The fourth-order valence-electron chi connectivity index (χ4n) is 1.31. The minimum atomic E-state index is 0.562. The zero-order valence-electron chi connectivity index (χ0n) is 10.2. The Hall–Kier alpha value is -0.410. The van der Waals surface area contributed by atoms with E-state index in [9.17, 15) is 0 Å². The summed E-state index contributed by atoms with van der Waals surface area (Å²) in [6, 6.07) is 0. The van der Waals surface area contributed by atoms with Crippen LogP contribution in [0.2, 0.25) is 0 Å². The summed E-state index contributed by atoms with van der Waals surface area (Å²) in [6.07, 6.45) is 1.05. The molecule has 0 spiro atoms. The van der Waals surface area contributed by atoms with Gasteiger partial charge in [0.05, 0.1) is 10.7 Å². The summed E-state index contributed by atoms with van der Waals surface area (Å²) >= 11 is 1.78. The second-order valence-electron chi connectivity index (χ2n) is 4.68. The zero-order valence-corrected chi connectivity index (χ0v) is 11.0. The topological polar surface area (TPSA) is 24.9 Å². The van der Waals surface area contributed by atoms with E-state index in [2.05, 4.69) is 43.4 Å². The summed E-state index contributed by atoms with van der Waals surface area (Å²) in [6.45, 7) is 11.0. The van der Waals surface area contributed by atoms with Crippen molar-refractivity contribution in [1.82, 2.24) is 10.3 Å². The van der Waals surface area contributed by atoms with Crippen molar-refractivity contribution in [2.75, 3.05) is 13.1 Å². The Morgan fingerprint density at radius 2 is 2.07 bits per heavy atom. The average molecular weight is 226 g/mol. The van der Waals surface area contributed by atoms with E-state index in [1.807, 2.05) is 0 Å². The minimum Gasteiger partial charge on any atom is -0.316 e. The van der Waals surface area contributed by atoms with Gasteiger partial charge in [0, 0.05) is 24.3 Å². The van der Waals surface area contributed by atoms with Crippen molar-refractivity contribution in [2.45, 2.75) is 40.0 Å². The van der Waals surface area contributed by atoms with Gasteiger partial charge in [0.15, 0.2) is 0 Å². The Labute approximate surface area is 97.1 Å². The molecule has 1 aromatic rings. The minimum absolute atomic E-state index is 0.562. The van der Waals surface area contributed by atoms with Crippen molar-refractivity contribution in [2.24, 2.45) is 5.92 Å². The first-order valence-corrected chi connectivity index (χ1v) is 6.62. The van der Waals surface area contributed by atoms with Crippen molar-refractivity contribution < 1.29 is 0 Å². The summed E-state index contributed by atoms with van der Waals surface area (Å²) in [5.74, 6) is 1.29. The maximum Gasteiger partial charge on any atom is 0.0953 e. The van der Waals surface area contributed by atoms with Crippen LogP contribution in [0.5, 0.6) is 0 Å². The molecule has 3 heteroatoms. The fourth-order valence-corrected chi connectivity index (χ4v) is 2.18. The summed E-state index contributed by atoms with van der Waals surface area (Å²) in [7, 11) is 0. The molecule has 0 saturated carbocycles.